The van der Waals surface area contributed by atoms with Crippen molar-refractivity contribution in [3.63, 3.8) is 0 Å². The number of nitriles is 2. The minimum atomic E-state index is -1.15. The van der Waals surface area contributed by atoms with Crippen LogP contribution in [0.3, 0.4) is 0 Å². The summed E-state index contributed by atoms with van der Waals surface area (Å²) in [4.78, 5) is 0. The van der Waals surface area contributed by atoms with Crippen molar-refractivity contribution in [2.45, 2.75) is 31.3 Å². The summed E-state index contributed by atoms with van der Waals surface area (Å²) in [5, 5.41) is 26.5. The molecule has 3 heteroatoms. The molecule has 0 radical (unpaired) electrons. The molecule has 0 atom stereocenters. The summed E-state index contributed by atoms with van der Waals surface area (Å²) in [5.74, 6) is 0.0450. The van der Waals surface area contributed by atoms with Crippen LogP contribution in [-0.4, -0.2) is 10.7 Å². The van der Waals surface area contributed by atoms with Crippen molar-refractivity contribution < 1.29 is 5.11 Å². The number of hydrogen-bond donors (Lipinski definition) is 1. The highest BCUT2D eigenvalue weighted by atomic mass is 16.3. The van der Waals surface area contributed by atoms with Gasteiger partial charge in [0.15, 0.2) is 5.60 Å². The van der Waals surface area contributed by atoms with Crippen molar-refractivity contribution in [1.29, 1.82) is 10.5 Å². The van der Waals surface area contributed by atoms with Gasteiger partial charge in [-0.1, -0.05) is 0 Å². The molecule has 1 saturated carbocycles. The van der Waals surface area contributed by atoms with Crippen LogP contribution in [0.15, 0.2) is 0 Å². The summed E-state index contributed by atoms with van der Waals surface area (Å²) in [7, 11) is 0. The van der Waals surface area contributed by atoms with Gasteiger partial charge in [-0.3, -0.25) is 0 Å². The van der Waals surface area contributed by atoms with Gasteiger partial charge in [0, 0.05) is 5.92 Å². The Morgan fingerprint density at radius 3 is 2.18 bits per heavy atom. The third-order valence-electron chi connectivity index (χ3n) is 2.20. The predicted octanol–water partition coefficient (Wildman–Crippen LogP) is 0.955. The van der Waals surface area contributed by atoms with E-state index in [4.69, 9.17) is 10.5 Å². The molecule has 3 nitrogen and oxygen atoms in total. The lowest BCUT2D eigenvalue weighted by atomic mass is 9.80. The molecule has 0 aromatic carbocycles. The molecular weight excluding hydrogens is 140 g/mol. The first kappa shape index (κ1) is 8.04. The molecule has 0 aliphatic heterocycles. The standard InChI is InChI=1S/C8H10N2O/c9-5-7-1-3-8(11,6-10)4-2-7/h7,11H,1-4H2. The molecule has 0 spiro atoms. The van der Waals surface area contributed by atoms with Crippen LogP contribution < -0.4 is 0 Å². The monoisotopic (exact) mass is 150 g/mol. The number of aliphatic hydroxyl groups is 1. The molecule has 0 aromatic rings. The van der Waals surface area contributed by atoms with Crippen molar-refractivity contribution in [2.75, 3.05) is 0 Å². The number of nitrogens with zero attached hydrogens (tertiary/aromatic N) is 2. The molecule has 0 heterocycles. The van der Waals surface area contributed by atoms with E-state index in [0.29, 0.717) is 25.7 Å². The van der Waals surface area contributed by atoms with Crippen LogP contribution in [0.1, 0.15) is 25.7 Å². The van der Waals surface area contributed by atoms with Crippen LogP contribution in [0.25, 0.3) is 0 Å². The molecule has 1 rings (SSSR count). The Morgan fingerprint density at radius 2 is 1.82 bits per heavy atom. The highest BCUT2D eigenvalue weighted by molar-refractivity contribution is 5.05. The van der Waals surface area contributed by atoms with E-state index in [2.05, 4.69) is 6.07 Å². The molecule has 0 saturated heterocycles. The maximum absolute atomic E-state index is 9.42. The lowest BCUT2D eigenvalue weighted by Crippen LogP contribution is -2.31. The second-order valence-electron chi connectivity index (χ2n) is 3.05. The smallest absolute Gasteiger partial charge is 0.151 e. The number of hydrogen-bond acceptors (Lipinski definition) is 3. The lowest BCUT2D eigenvalue weighted by Gasteiger charge is -2.27. The van der Waals surface area contributed by atoms with E-state index >= 15 is 0 Å². The number of rotatable bonds is 0. The largest absolute Gasteiger partial charge is 0.375 e. The third-order valence-corrected chi connectivity index (χ3v) is 2.20. The van der Waals surface area contributed by atoms with E-state index in [1.54, 1.807) is 0 Å². The van der Waals surface area contributed by atoms with Crippen LogP contribution in [0.5, 0.6) is 0 Å². The second-order valence-corrected chi connectivity index (χ2v) is 3.05. The maximum atomic E-state index is 9.42. The van der Waals surface area contributed by atoms with Crippen molar-refractivity contribution in [1.82, 2.24) is 0 Å². The van der Waals surface area contributed by atoms with Gasteiger partial charge in [0.25, 0.3) is 0 Å². The van der Waals surface area contributed by atoms with Gasteiger partial charge in [-0.15, -0.1) is 0 Å². The summed E-state index contributed by atoms with van der Waals surface area (Å²) in [5.41, 5.74) is -1.15. The average Bonchev–Trinajstić information content (AvgIpc) is 2.06. The molecule has 0 unspecified atom stereocenters. The Bertz CT molecular complexity index is 215. The predicted molar refractivity (Wildman–Crippen MR) is 38.1 cm³/mol. The van der Waals surface area contributed by atoms with Gasteiger partial charge in [0.1, 0.15) is 0 Å². The van der Waals surface area contributed by atoms with Gasteiger partial charge in [0.2, 0.25) is 0 Å². The normalized spacial score (nSPS) is 37.2. The van der Waals surface area contributed by atoms with Crippen LogP contribution in [0.4, 0.5) is 0 Å². The topological polar surface area (TPSA) is 67.8 Å². The summed E-state index contributed by atoms with van der Waals surface area (Å²) >= 11 is 0. The molecule has 58 valence electrons. The van der Waals surface area contributed by atoms with Crippen molar-refractivity contribution >= 4 is 0 Å². The van der Waals surface area contributed by atoms with E-state index in [1.807, 2.05) is 6.07 Å². The SMILES string of the molecule is N#CC1CCC(O)(C#N)CC1. The first-order valence-corrected chi connectivity index (χ1v) is 3.73. The molecule has 0 amide bonds. The second kappa shape index (κ2) is 2.90. The molecule has 11 heavy (non-hydrogen) atoms. The minimum Gasteiger partial charge on any atom is -0.375 e. The Hall–Kier alpha value is -1.06. The lowest BCUT2D eigenvalue weighted by molar-refractivity contribution is 0.0499. The van der Waals surface area contributed by atoms with Crippen molar-refractivity contribution in [3.8, 4) is 12.1 Å². The van der Waals surface area contributed by atoms with Gasteiger partial charge in [0.05, 0.1) is 12.1 Å². The maximum Gasteiger partial charge on any atom is 0.151 e. The zero-order chi connectivity index (χ0) is 8.32. The summed E-state index contributed by atoms with van der Waals surface area (Å²) in [6.07, 6.45) is 2.20. The van der Waals surface area contributed by atoms with Gasteiger partial charge in [-0.25, -0.2) is 0 Å². The highest BCUT2D eigenvalue weighted by Crippen LogP contribution is 2.30. The molecule has 0 bridgehead atoms. The van der Waals surface area contributed by atoms with Gasteiger partial charge in [-0.05, 0) is 25.7 Å². The fraction of sp³-hybridized carbons (Fsp3) is 0.750. The summed E-state index contributed by atoms with van der Waals surface area (Å²) in [6, 6.07) is 4.02. The fourth-order valence-electron chi connectivity index (χ4n) is 1.34. The van der Waals surface area contributed by atoms with Crippen LogP contribution >= 0.6 is 0 Å². The minimum absolute atomic E-state index is 0.0450. The molecule has 1 fully saturated rings. The van der Waals surface area contributed by atoms with E-state index in [-0.39, 0.29) is 5.92 Å². The molecule has 1 N–H and O–H groups in total. The summed E-state index contributed by atoms with van der Waals surface area (Å²) in [6.45, 7) is 0. The molecule has 0 aromatic heterocycles. The Morgan fingerprint density at radius 1 is 1.27 bits per heavy atom. The van der Waals surface area contributed by atoms with E-state index < -0.39 is 5.60 Å². The van der Waals surface area contributed by atoms with Gasteiger partial charge >= 0.3 is 0 Å². The first-order valence-electron chi connectivity index (χ1n) is 3.73. The van der Waals surface area contributed by atoms with E-state index in [1.165, 1.54) is 0 Å². The third kappa shape index (κ3) is 1.69. The van der Waals surface area contributed by atoms with Gasteiger partial charge in [-0.2, -0.15) is 10.5 Å². The van der Waals surface area contributed by atoms with E-state index in [9.17, 15) is 5.11 Å². The van der Waals surface area contributed by atoms with Crippen molar-refractivity contribution in [2.24, 2.45) is 5.92 Å². The molecule has 1 aliphatic carbocycles. The van der Waals surface area contributed by atoms with Gasteiger partial charge < -0.3 is 5.11 Å². The summed E-state index contributed by atoms with van der Waals surface area (Å²) < 4.78 is 0. The Balaban J connectivity index is 2.51. The Labute approximate surface area is 65.9 Å². The zero-order valence-corrected chi connectivity index (χ0v) is 6.25. The first-order chi connectivity index (χ1) is 5.20. The molecule has 1 aliphatic rings. The van der Waals surface area contributed by atoms with Crippen molar-refractivity contribution in [3.05, 3.63) is 0 Å². The van der Waals surface area contributed by atoms with Crippen LogP contribution in [0.2, 0.25) is 0 Å². The fourth-order valence-corrected chi connectivity index (χ4v) is 1.34. The quantitative estimate of drug-likeness (QED) is 0.523. The zero-order valence-electron chi connectivity index (χ0n) is 6.25. The van der Waals surface area contributed by atoms with Crippen LogP contribution in [0, 0.1) is 28.6 Å². The Kier molecular flexibility index (Phi) is 2.12. The average molecular weight is 150 g/mol. The van der Waals surface area contributed by atoms with E-state index in [0.717, 1.165) is 0 Å². The van der Waals surface area contributed by atoms with Crippen LogP contribution in [-0.2, 0) is 0 Å². The highest BCUT2D eigenvalue weighted by Gasteiger charge is 2.32. The molecular formula is C8H10N2O.